The third kappa shape index (κ3) is 3.82. The van der Waals surface area contributed by atoms with Gasteiger partial charge >= 0.3 is 5.69 Å². The molecule has 1 amide bonds. The molecule has 0 unspecified atom stereocenters. The number of fused-ring (bicyclic) bond motifs is 1. The van der Waals surface area contributed by atoms with Crippen molar-refractivity contribution in [1.29, 1.82) is 0 Å². The summed E-state index contributed by atoms with van der Waals surface area (Å²) in [4.78, 5) is 34.4. The van der Waals surface area contributed by atoms with Crippen molar-refractivity contribution >= 4 is 5.91 Å². The third-order valence-electron chi connectivity index (χ3n) is 4.02. The lowest BCUT2D eigenvalue weighted by Gasteiger charge is -2.17. The van der Waals surface area contributed by atoms with Gasteiger partial charge in [0.15, 0.2) is 0 Å². The SMILES string of the molecule is Cc1nc(CNC(=O)CCc2n[nH]c(=O)[nH]2)nc2c1CCCC2. The topological polar surface area (TPSA) is 116 Å². The number of nitrogens with one attached hydrogen (secondary N) is 3. The first-order valence-corrected chi connectivity index (χ1v) is 7.87. The van der Waals surface area contributed by atoms with E-state index >= 15 is 0 Å². The average Bonchev–Trinajstić information content (AvgIpc) is 2.96. The Morgan fingerprint density at radius 3 is 2.87 bits per heavy atom. The first-order chi connectivity index (χ1) is 11.1. The highest BCUT2D eigenvalue weighted by atomic mass is 16.2. The highest BCUT2D eigenvalue weighted by Crippen LogP contribution is 2.21. The van der Waals surface area contributed by atoms with E-state index in [1.165, 1.54) is 12.0 Å². The van der Waals surface area contributed by atoms with E-state index in [1.54, 1.807) is 0 Å². The second-order valence-electron chi connectivity index (χ2n) is 5.76. The van der Waals surface area contributed by atoms with Crippen LogP contribution >= 0.6 is 0 Å². The van der Waals surface area contributed by atoms with E-state index < -0.39 is 0 Å². The average molecular weight is 316 g/mol. The predicted octanol–water partition coefficient (Wildman–Crippen LogP) is 0.324. The van der Waals surface area contributed by atoms with Crippen LogP contribution in [0.3, 0.4) is 0 Å². The molecule has 0 radical (unpaired) electrons. The van der Waals surface area contributed by atoms with Gasteiger partial charge in [0.25, 0.3) is 0 Å². The number of amides is 1. The van der Waals surface area contributed by atoms with Crippen LogP contribution in [0.4, 0.5) is 0 Å². The Balaban J connectivity index is 1.54. The van der Waals surface area contributed by atoms with Crippen LogP contribution in [0.1, 0.15) is 47.9 Å². The number of H-pyrrole nitrogens is 2. The van der Waals surface area contributed by atoms with Gasteiger partial charge in [-0.1, -0.05) is 0 Å². The number of aromatic amines is 2. The van der Waals surface area contributed by atoms with Gasteiger partial charge in [0.05, 0.1) is 6.54 Å². The molecular weight excluding hydrogens is 296 g/mol. The Bertz CT molecular complexity index is 764. The van der Waals surface area contributed by atoms with Gasteiger partial charge in [0, 0.05) is 24.2 Å². The molecular formula is C15H20N6O2. The Morgan fingerprint density at radius 1 is 1.26 bits per heavy atom. The van der Waals surface area contributed by atoms with E-state index in [0.29, 0.717) is 24.6 Å². The molecule has 0 atom stereocenters. The standard InChI is InChI=1S/C15H20N6O2/c1-9-10-4-2-3-5-11(10)18-13(17-9)8-16-14(22)7-6-12-19-15(23)21-20-12/h2-8H2,1H3,(H,16,22)(H2,19,20,21,23). The number of rotatable bonds is 5. The molecule has 2 aromatic heterocycles. The summed E-state index contributed by atoms with van der Waals surface area (Å²) in [5, 5.41) is 8.86. The Labute approximate surface area is 133 Å². The van der Waals surface area contributed by atoms with Crippen molar-refractivity contribution in [2.75, 3.05) is 0 Å². The van der Waals surface area contributed by atoms with Crippen molar-refractivity contribution in [3.05, 3.63) is 39.1 Å². The predicted molar refractivity (Wildman–Crippen MR) is 82.8 cm³/mol. The molecule has 1 aliphatic rings. The van der Waals surface area contributed by atoms with Crippen LogP contribution in [0.25, 0.3) is 0 Å². The maximum Gasteiger partial charge on any atom is 0.340 e. The van der Waals surface area contributed by atoms with Gasteiger partial charge in [-0.25, -0.2) is 19.9 Å². The molecule has 8 heteroatoms. The van der Waals surface area contributed by atoms with Crippen LogP contribution in [-0.2, 0) is 30.6 Å². The molecule has 3 rings (SSSR count). The summed E-state index contributed by atoms with van der Waals surface area (Å²) in [6.07, 6.45) is 5.04. The molecule has 0 aliphatic heterocycles. The molecule has 2 aromatic rings. The van der Waals surface area contributed by atoms with Gasteiger partial charge in [-0.05, 0) is 38.2 Å². The highest BCUT2D eigenvalue weighted by Gasteiger charge is 2.15. The smallest absolute Gasteiger partial charge is 0.340 e. The van der Waals surface area contributed by atoms with Gasteiger partial charge in [0.1, 0.15) is 11.6 Å². The quantitative estimate of drug-likeness (QED) is 0.734. The van der Waals surface area contributed by atoms with Crippen molar-refractivity contribution in [2.24, 2.45) is 0 Å². The largest absolute Gasteiger partial charge is 0.349 e. The summed E-state index contributed by atoms with van der Waals surface area (Å²) in [5.74, 6) is 1.02. The first kappa shape index (κ1) is 15.4. The lowest BCUT2D eigenvalue weighted by molar-refractivity contribution is -0.121. The van der Waals surface area contributed by atoms with Crippen molar-refractivity contribution < 1.29 is 4.79 Å². The Hall–Kier alpha value is -2.51. The Kier molecular flexibility index (Phi) is 4.50. The van der Waals surface area contributed by atoms with E-state index in [4.69, 9.17) is 0 Å². The number of carbonyl (C=O) groups is 1. The van der Waals surface area contributed by atoms with E-state index in [1.807, 2.05) is 6.92 Å². The minimum atomic E-state index is -0.363. The molecule has 23 heavy (non-hydrogen) atoms. The molecule has 0 saturated carbocycles. The number of hydrogen-bond donors (Lipinski definition) is 3. The third-order valence-corrected chi connectivity index (χ3v) is 4.02. The lowest BCUT2D eigenvalue weighted by atomic mass is 9.95. The monoisotopic (exact) mass is 316 g/mol. The molecule has 2 heterocycles. The number of nitrogens with zero attached hydrogens (tertiary/aromatic N) is 3. The molecule has 0 bridgehead atoms. The number of aromatic nitrogens is 5. The van der Waals surface area contributed by atoms with E-state index in [0.717, 1.165) is 30.7 Å². The van der Waals surface area contributed by atoms with E-state index in [9.17, 15) is 9.59 Å². The minimum Gasteiger partial charge on any atom is -0.349 e. The zero-order valence-corrected chi connectivity index (χ0v) is 13.1. The van der Waals surface area contributed by atoms with Gasteiger partial charge in [0.2, 0.25) is 5.91 Å². The normalized spacial score (nSPS) is 13.6. The van der Waals surface area contributed by atoms with Crippen molar-refractivity contribution in [1.82, 2.24) is 30.5 Å². The fourth-order valence-electron chi connectivity index (χ4n) is 2.84. The molecule has 3 N–H and O–H groups in total. The van der Waals surface area contributed by atoms with Crippen LogP contribution in [0.15, 0.2) is 4.79 Å². The van der Waals surface area contributed by atoms with Crippen molar-refractivity contribution in [3.63, 3.8) is 0 Å². The summed E-state index contributed by atoms with van der Waals surface area (Å²) < 4.78 is 0. The molecule has 8 nitrogen and oxygen atoms in total. The van der Waals surface area contributed by atoms with Gasteiger partial charge in [-0.15, -0.1) is 0 Å². The van der Waals surface area contributed by atoms with Crippen LogP contribution in [-0.4, -0.2) is 31.1 Å². The minimum absolute atomic E-state index is 0.118. The number of carbonyl (C=O) groups excluding carboxylic acids is 1. The molecule has 0 spiro atoms. The summed E-state index contributed by atoms with van der Waals surface area (Å²) in [6, 6.07) is 0. The van der Waals surface area contributed by atoms with Gasteiger partial charge in [-0.2, -0.15) is 5.10 Å². The summed E-state index contributed by atoms with van der Waals surface area (Å²) in [7, 11) is 0. The molecule has 0 aromatic carbocycles. The van der Waals surface area contributed by atoms with Crippen molar-refractivity contribution in [2.45, 2.75) is 52.0 Å². The summed E-state index contributed by atoms with van der Waals surface area (Å²) in [6.45, 7) is 2.33. The Morgan fingerprint density at radius 2 is 2.09 bits per heavy atom. The summed E-state index contributed by atoms with van der Waals surface area (Å²) >= 11 is 0. The van der Waals surface area contributed by atoms with Crippen molar-refractivity contribution in [3.8, 4) is 0 Å². The first-order valence-electron chi connectivity index (χ1n) is 7.87. The van der Waals surface area contributed by atoms with Gasteiger partial charge in [-0.3, -0.25) is 9.78 Å². The summed E-state index contributed by atoms with van der Waals surface area (Å²) in [5.41, 5.74) is 3.06. The maximum absolute atomic E-state index is 11.9. The molecule has 0 saturated heterocycles. The van der Waals surface area contributed by atoms with Crippen LogP contribution < -0.4 is 11.0 Å². The number of aryl methyl sites for hydroxylation is 3. The van der Waals surface area contributed by atoms with E-state index in [-0.39, 0.29) is 18.0 Å². The maximum atomic E-state index is 11.9. The second-order valence-corrected chi connectivity index (χ2v) is 5.76. The van der Waals surface area contributed by atoms with Gasteiger partial charge < -0.3 is 5.32 Å². The van der Waals surface area contributed by atoms with Crippen LogP contribution in [0, 0.1) is 6.92 Å². The molecule has 0 fully saturated rings. The van der Waals surface area contributed by atoms with Crippen LogP contribution in [0.2, 0.25) is 0 Å². The number of hydrogen-bond acceptors (Lipinski definition) is 5. The molecule has 122 valence electrons. The second kappa shape index (κ2) is 6.72. The lowest BCUT2D eigenvalue weighted by Crippen LogP contribution is -2.25. The zero-order valence-electron chi connectivity index (χ0n) is 13.1. The zero-order chi connectivity index (χ0) is 16.2. The fraction of sp³-hybridized carbons (Fsp3) is 0.533. The van der Waals surface area contributed by atoms with E-state index in [2.05, 4.69) is 30.5 Å². The highest BCUT2D eigenvalue weighted by molar-refractivity contribution is 5.75. The molecule has 1 aliphatic carbocycles. The van der Waals surface area contributed by atoms with Crippen LogP contribution in [0.5, 0.6) is 0 Å². The fourth-order valence-corrected chi connectivity index (χ4v) is 2.84.